The van der Waals surface area contributed by atoms with Crippen LogP contribution in [0.15, 0.2) is 30.3 Å². The van der Waals surface area contributed by atoms with Crippen LogP contribution >= 0.6 is 0 Å². The molecular weight excluding hydrogens is 360 g/mol. The summed E-state index contributed by atoms with van der Waals surface area (Å²) in [4.78, 5) is 14.6. The zero-order chi connectivity index (χ0) is 21.6. The van der Waals surface area contributed by atoms with Crippen LogP contribution in [0.2, 0.25) is 0 Å². The van der Waals surface area contributed by atoms with Gasteiger partial charge in [-0.15, -0.1) is 0 Å². The van der Waals surface area contributed by atoms with Crippen LogP contribution < -0.4 is 5.32 Å². The summed E-state index contributed by atoms with van der Waals surface area (Å²) in [6.07, 6.45) is 3.49. The normalized spacial score (nSPS) is 11.9. The number of nitrogens with one attached hydrogen (secondary N) is 1. The number of nitrogens with zero attached hydrogens (tertiary/aromatic N) is 3. The van der Waals surface area contributed by atoms with E-state index in [1.165, 1.54) is 11.1 Å². The van der Waals surface area contributed by atoms with Gasteiger partial charge in [0.05, 0.1) is 12.2 Å². The Kier molecular flexibility index (Phi) is 8.21. The number of rotatable bonds is 9. The zero-order valence-electron chi connectivity index (χ0n) is 19.0. The molecule has 1 amide bonds. The second-order valence-electron chi connectivity index (χ2n) is 8.28. The van der Waals surface area contributed by atoms with Crippen LogP contribution in [0.4, 0.5) is 0 Å². The first-order chi connectivity index (χ1) is 13.7. The number of aromatic nitrogens is 2. The predicted molar refractivity (Wildman–Crippen MR) is 121 cm³/mol. The molecule has 158 valence electrons. The Bertz CT molecular complexity index is 823. The molecule has 0 aliphatic carbocycles. The molecule has 0 spiro atoms. The molecule has 2 aromatic rings. The molecule has 0 aliphatic rings. The Hall–Kier alpha value is -2.40. The lowest BCUT2D eigenvalue weighted by atomic mass is 10.1. The van der Waals surface area contributed by atoms with E-state index in [2.05, 4.69) is 81.1 Å². The molecule has 29 heavy (non-hydrogen) atoms. The molecule has 0 saturated heterocycles. The Morgan fingerprint density at radius 3 is 2.31 bits per heavy atom. The van der Waals surface area contributed by atoms with Crippen molar-refractivity contribution in [3.05, 3.63) is 58.4 Å². The third-order valence-corrected chi connectivity index (χ3v) is 5.29. The lowest BCUT2D eigenvalue weighted by molar-refractivity contribution is -0.116. The van der Waals surface area contributed by atoms with Gasteiger partial charge in [0, 0.05) is 42.5 Å². The fourth-order valence-corrected chi connectivity index (χ4v) is 3.61. The third kappa shape index (κ3) is 6.57. The smallest absolute Gasteiger partial charge is 0.244 e. The van der Waals surface area contributed by atoms with E-state index >= 15 is 0 Å². The van der Waals surface area contributed by atoms with Crippen LogP contribution in [0.5, 0.6) is 0 Å². The monoisotopic (exact) mass is 396 g/mol. The van der Waals surface area contributed by atoms with E-state index in [0.717, 1.165) is 30.0 Å². The maximum Gasteiger partial charge on any atom is 0.244 e. The van der Waals surface area contributed by atoms with Crippen molar-refractivity contribution in [1.82, 2.24) is 20.0 Å². The number of benzene rings is 1. The molecule has 1 aromatic carbocycles. The fourth-order valence-electron chi connectivity index (χ4n) is 3.61. The molecule has 0 unspecified atom stereocenters. The van der Waals surface area contributed by atoms with Gasteiger partial charge in [0.1, 0.15) is 0 Å². The number of carbonyl (C=O) groups is 1. The highest BCUT2D eigenvalue weighted by Crippen LogP contribution is 2.16. The van der Waals surface area contributed by atoms with E-state index in [0.29, 0.717) is 18.6 Å². The van der Waals surface area contributed by atoms with Crippen molar-refractivity contribution in [2.24, 2.45) is 0 Å². The second-order valence-corrected chi connectivity index (χ2v) is 8.28. The first-order valence-electron chi connectivity index (χ1n) is 10.5. The van der Waals surface area contributed by atoms with Gasteiger partial charge in [0.15, 0.2) is 0 Å². The maximum absolute atomic E-state index is 12.2. The van der Waals surface area contributed by atoms with Crippen LogP contribution in [0.25, 0.3) is 6.08 Å². The van der Waals surface area contributed by atoms with Crippen LogP contribution in [0, 0.1) is 20.8 Å². The Labute approximate surface area is 175 Å². The van der Waals surface area contributed by atoms with Crippen molar-refractivity contribution in [2.75, 3.05) is 13.1 Å². The summed E-state index contributed by atoms with van der Waals surface area (Å²) >= 11 is 0. The zero-order valence-corrected chi connectivity index (χ0v) is 19.0. The van der Waals surface area contributed by atoms with Gasteiger partial charge in [-0.2, -0.15) is 5.10 Å². The van der Waals surface area contributed by atoms with Gasteiger partial charge in [-0.05, 0) is 60.1 Å². The Morgan fingerprint density at radius 2 is 1.72 bits per heavy atom. The Balaban J connectivity index is 1.96. The molecule has 0 atom stereocenters. The van der Waals surface area contributed by atoms with E-state index < -0.39 is 0 Å². The summed E-state index contributed by atoms with van der Waals surface area (Å²) in [5, 5.41) is 7.65. The summed E-state index contributed by atoms with van der Waals surface area (Å²) in [7, 11) is 0. The SMILES string of the molecule is Cc1ccc(Cn2nc(C)c(/C=C/C(=O)NCCN(C(C)C)C(C)C)c2C)cc1. The van der Waals surface area contributed by atoms with E-state index in [1.54, 1.807) is 6.08 Å². The molecule has 0 radical (unpaired) electrons. The Morgan fingerprint density at radius 1 is 1.10 bits per heavy atom. The summed E-state index contributed by atoms with van der Waals surface area (Å²) in [6, 6.07) is 9.43. The minimum Gasteiger partial charge on any atom is -0.351 e. The quantitative estimate of drug-likeness (QED) is 0.649. The topological polar surface area (TPSA) is 50.2 Å². The summed E-state index contributed by atoms with van der Waals surface area (Å²) in [5.41, 5.74) is 5.48. The van der Waals surface area contributed by atoms with Gasteiger partial charge in [-0.1, -0.05) is 29.8 Å². The standard InChI is InChI=1S/C24H36N4O/c1-17(2)27(18(3)4)15-14-25-24(29)13-12-23-20(6)26-28(21(23)7)16-22-10-8-19(5)9-11-22/h8-13,17-18H,14-16H2,1-7H3,(H,25,29)/b13-12+. The molecule has 1 N–H and O–H groups in total. The van der Waals surface area contributed by atoms with Gasteiger partial charge < -0.3 is 5.32 Å². The average molecular weight is 397 g/mol. The summed E-state index contributed by atoms with van der Waals surface area (Å²) in [6.45, 7) is 17.1. The molecule has 1 heterocycles. The van der Waals surface area contributed by atoms with Crippen molar-refractivity contribution in [1.29, 1.82) is 0 Å². The van der Waals surface area contributed by atoms with E-state index in [-0.39, 0.29) is 5.91 Å². The molecular formula is C24H36N4O. The fraction of sp³-hybridized carbons (Fsp3) is 0.500. The van der Waals surface area contributed by atoms with Crippen molar-refractivity contribution in [3.8, 4) is 0 Å². The lowest BCUT2D eigenvalue weighted by Crippen LogP contribution is -2.42. The largest absolute Gasteiger partial charge is 0.351 e. The first-order valence-corrected chi connectivity index (χ1v) is 10.5. The van der Waals surface area contributed by atoms with Gasteiger partial charge in [-0.3, -0.25) is 14.4 Å². The van der Waals surface area contributed by atoms with E-state index in [9.17, 15) is 4.79 Å². The highest BCUT2D eigenvalue weighted by Gasteiger charge is 2.13. The molecule has 5 nitrogen and oxygen atoms in total. The summed E-state index contributed by atoms with van der Waals surface area (Å²) < 4.78 is 2.00. The number of amides is 1. The van der Waals surface area contributed by atoms with Gasteiger partial charge >= 0.3 is 0 Å². The molecule has 0 fully saturated rings. The number of carbonyl (C=O) groups excluding carboxylic acids is 1. The molecule has 0 bridgehead atoms. The second kappa shape index (κ2) is 10.4. The van der Waals surface area contributed by atoms with Crippen LogP contribution in [0.1, 0.15) is 55.8 Å². The van der Waals surface area contributed by atoms with Crippen molar-refractivity contribution in [2.45, 2.75) is 67.1 Å². The van der Waals surface area contributed by atoms with Gasteiger partial charge in [-0.25, -0.2) is 0 Å². The molecule has 1 aromatic heterocycles. The molecule has 2 rings (SSSR count). The van der Waals surface area contributed by atoms with E-state index in [4.69, 9.17) is 0 Å². The van der Waals surface area contributed by atoms with E-state index in [1.807, 2.05) is 17.7 Å². The number of aryl methyl sites for hydroxylation is 2. The van der Waals surface area contributed by atoms with Crippen LogP contribution in [-0.2, 0) is 11.3 Å². The van der Waals surface area contributed by atoms with Crippen molar-refractivity contribution < 1.29 is 4.79 Å². The minimum absolute atomic E-state index is 0.0671. The maximum atomic E-state index is 12.2. The van der Waals surface area contributed by atoms with Gasteiger partial charge in [0.2, 0.25) is 5.91 Å². The molecule has 0 aliphatic heterocycles. The molecule has 0 saturated carbocycles. The third-order valence-electron chi connectivity index (χ3n) is 5.29. The minimum atomic E-state index is -0.0671. The number of hydrogen-bond donors (Lipinski definition) is 1. The van der Waals surface area contributed by atoms with Crippen LogP contribution in [-0.4, -0.2) is 45.8 Å². The lowest BCUT2D eigenvalue weighted by Gasteiger charge is -2.30. The highest BCUT2D eigenvalue weighted by atomic mass is 16.1. The highest BCUT2D eigenvalue weighted by molar-refractivity contribution is 5.92. The number of hydrogen-bond acceptors (Lipinski definition) is 3. The summed E-state index contributed by atoms with van der Waals surface area (Å²) in [5.74, 6) is -0.0671. The van der Waals surface area contributed by atoms with Crippen LogP contribution in [0.3, 0.4) is 0 Å². The first kappa shape index (κ1) is 22.9. The van der Waals surface area contributed by atoms with Crippen molar-refractivity contribution in [3.63, 3.8) is 0 Å². The predicted octanol–water partition coefficient (Wildman–Crippen LogP) is 4.10. The van der Waals surface area contributed by atoms with Crippen molar-refractivity contribution >= 4 is 12.0 Å². The molecule has 5 heteroatoms. The van der Waals surface area contributed by atoms with Gasteiger partial charge in [0.25, 0.3) is 0 Å². The average Bonchev–Trinajstić information content (AvgIpc) is 2.91.